The van der Waals surface area contributed by atoms with Crippen molar-refractivity contribution in [2.45, 2.75) is 57.1 Å². The fourth-order valence-corrected chi connectivity index (χ4v) is 5.24. The Morgan fingerprint density at radius 3 is 2.14 bits per heavy atom. The van der Waals surface area contributed by atoms with E-state index in [2.05, 4.69) is 18.7 Å². The second-order valence-corrected chi connectivity index (χ2v) is 10.2. The Bertz CT molecular complexity index is 1110. The molecular formula is C30H36N2O3. The maximum absolute atomic E-state index is 13.1. The number of phenols is 1. The minimum atomic E-state index is -0.895. The highest BCUT2D eigenvalue weighted by Crippen LogP contribution is 2.40. The third-order valence-electron chi connectivity index (χ3n) is 7.62. The topological polar surface area (TPSA) is 75.8 Å². The number of nitrogens with two attached hydrogens (primary N) is 1. The largest absolute Gasteiger partial charge is 0.508 e. The van der Waals surface area contributed by atoms with Crippen LogP contribution in [0.1, 0.15) is 49.8 Å². The van der Waals surface area contributed by atoms with Gasteiger partial charge < -0.3 is 15.6 Å². The number of carbonyl (C=O) groups excluding carboxylic acids is 1. The van der Waals surface area contributed by atoms with Crippen LogP contribution >= 0.6 is 0 Å². The molecule has 3 aromatic rings. The van der Waals surface area contributed by atoms with Crippen molar-refractivity contribution in [2.24, 2.45) is 5.73 Å². The van der Waals surface area contributed by atoms with Gasteiger partial charge in [0.05, 0.1) is 5.41 Å². The molecule has 0 radical (unpaired) electrons. The van der Waals surface area contributed by atoms with E-state index < -0.39 is 5.41 Å². The lowest BCUT2D eigenvalue weighted by atomic mass is 9.69. The maximum Gasteiger partial charge on any atom is 0.232 e. The van der Waals surface area contributed by atoms with Crippen molar-refractivity contribution < 1.29 is 14.6 Å². The van der Waals surface area contributed by atoms with Crippen LogP contribution in [-0.4, -0.2) is 40.6 Å². The van der Waals surface area contributed by atoms with Crippen molar-refractivity contribution in [3.05, 3.63) is 95.6 Å². The average Bonchev–Trinajstić information content (AvgIpc) is 3.33. The normalized spacial score (nSPS) is 16.8. The molecule has 1 heterocycles. The van der Waals surface area contributed by atoms with Gasteiger partial charge in [-0.25, -0.2) is 0 Å². The zero-order valence-corrected chi connectivity index (χ0v) is 20.9. The summed E-state index contributed by atoms with van der Waals surface area (Å²) in [5, 5.41) is 10.0. The Labute approximate surface area is 208 Å². The smallest absolute Gasteiger partial charge is 0.232 e. The standard InChI is InChI=1S/C30H36N2O3/c1-22-26(33)15-10-16-27(22)35-25-17-20-32(21-25)29(2,3)18-19-30(28(31)34,23-11-6-4-7-12-23)24-13-8-5-9-14-24/h4-16,25,33H,17-21H2,1-3H3,(H2,31,34)/t25-/m0/s1. The quantitative estimate of drug-likeness (QED) is 0.450. The minimum absolute atomic E-state index is 0.0546. The molecule has 3 aromatic carbocycles. The molecule has 0 bridgehead atoms. The van der Waals surface area contributed by atoms with Crippen molar-refractivity contribution in [1.82, 2.24) is 4.90 Å². The molecular weight excluding hydrogens is 436 g/mol. The van der Waals surface area contributed by atoms with Crippen LogP contribution in [0.25, 0.3) is 0 Å². The van der Waals surface area contributed by atoms with Gasteiger partial charge in [-0.3, -0.25) is 9.69 Å². The Kier molecular flexibility index (Phi) is 7.18. The van der Waals surface area contributed by atoms with E-state index in [0.717, 1.165) is 48.4 Å². The molecule has 1 saturated heterocycles. The number of primary amides is 1. The zero-order valence-electron chi connectivity index (χ0n) is 20.9. The number of hydrogen-bond acceptors (Lipinski definition) is 4. The van der Waals surface area contributed by atoms with Crippen LogP contribution in [0.3, 0.4) is 0 Å². The molecule has 5 heteroatoms. The maximum atomic E-state index is 13.1. The Hall–Kier alpha value is -3.31. The van der Waals surface area contributed by atoms with E-state index in [4.69, 9.17) is 10.5 Å². The molecule has 1 aliphatic heterocycles. The number of likely N-dealkylation sites (tertiary alicyclic amines) is 1. The van der Waals surface area contributed by atoms with Gasteiger partial charge in [-0.2, -0.15) is 0 Å². The summed E-state index contributed by atoms with van der Waals surface area (Å²) in [5.74, 6) is 0.658. The molecule has 184 valence electrons. The van der Waals surface area contributed by atoms with E-state index in [9.17, 15) is 9.90 Å². The van der Waals surface area contributed by atoms with Crippen molar-refractivity contribution >= 4 is 5.91 Å². The summed E-state index contributed by atoms with van der Waals surface area (Å²) < 4.78 is 6.26. The van der Waals surface area contributed by atoms with Crippen molar-refractivity contribution in [3.63, 3.8) is 0 Å². The molecule has 1 atom stereocenters. The number of rotatable bonds is 9. The zero-order chi connectivity index (χ0) is 25.1. The summed E-state index contributed by atoms with van der Waals surface area (Å²) >= 11 is 0. The van der Waals surface area contributed by atoms with Gasteiger partial charge >= 0.3 is 0 Å². The molecule has 0 unspecified atom stereocenters. The SMILES string of the molecule is Cc1c(O)cccc1O[C@H]1CCN(C(C)(C)CCC(C(N)=O)(c2ccccc2)c2ccccc2)C1. The molecule has 5 nitrogen and oxygen atoms in total. The summed E-state index contributed by atoms with van der Waals surface area (Å²) in [6, 6.07) is 25.2. The third kappa shape index (κ3) is 5.06. The first-order chi connectivity index (χ1) is 16.7. The summed E-state index contributed by atoms with van der Waals surface area (Å²) in [6.45, 7) is 8.05. The Balaban J connectivity index is 1.53. The summed E-state index contributed by atoms with van der Waals surface area (Å²) in [4.78, 5) is 15.6. The molecule has 0 saturated carbocycles. The highest BCUT2D eigenvalue weighted by molar-refractivity contribution is 5.90. The lowest BCUT2D eigenvalue weighted by Gasteiger charge is -2.40. The number of carbonyl (C=O) groups is 1. The van der Waals surface area contributed by atoms with Crippen LogP contribution in [0.2, 0.25) is 0 Å². The van der Waals surface area contributed by atoms with Crippen molar-refractivity contribution in [2.75, 3.05) is 13.1 Å². The molecule has 0 aliphatic carbocycles. The van der Waals surface area contributed by atoms with Crippen molar-refractivity contribution in [3.8, 4) is 11.5 Å². The lowest BCUT2D eigenvalue weighted by Crippen LogP contribution is -2.47. The van der Waals surface area contributed by atoms with Crippen LogP contribution in [-0.2, 0) is 10.2 Å². The van der Waals surface area contributed by atoms with E-state index >= 15 is 0 Å². The van der Waals surface area contributed by atoms with E-state index in [1.54, 1.807) is 6.07 Å². The van der Waals surface area contributed by atoms with Gasteiger partial charge in [-0.15, -0.1) is 0 Å². The van der Waals surface area contributed by atoms with E-state index in [1.807, 2.05) is 79.7 Å². The number of ether oxygens (including phenoxy) is 1. The Morgan fingerprint density at radius 2 is 1.57 bits per heavy atom. The fraction of sp³-hybridized carbons (Fsp3) is 0.367. The van der Waals surface area contributed by atoms with Gasteiger partial charge in [-0.05, 0) is 63.3 Å². The number of aromatic hydroxyl groups is 1. The van der Waals surface area contributed by atoms with Crippen LogP contribution < -0.4 is 10.5 Å². The number of phenolic OH excluding ortho intramolecular Hbond substituents is 1. The number of benzene rings is 3. The fourth-order valence-electron chi connectivity index (χ4n) is 5.24. The predicted molar refractivity (Wildman–Crippen MR) is 140 cm³/mol. The molecule has 0 spiro atoms. The second kappa shape index (κ2) is 10.1. The van der Waals surface area contributed by atoms with Crippen LogP contribution in [0.5, 0.6) is 11.5 Å². The first-order valence-corrected chi connectivity index (χ1v) is 12.4. The van der Waals surface area contributed by atoms with Gasteiger partial charge in [-0.1, -0.05) is 66.7 Å². The molecule has 1 aliphatic rings. The summed E-state index contributed by atoms with van der Waals surface area (Å²) in [7, 11) is 0. The van der Waals surface area contributed by atoms with Crippen LogP contribution in [0.4, 0.5) is 0 Å². The summed E-state index contributed by atoms with van der Waals surface area (Å²) in [5.41, 5.74) is 7.73. The van der Waals surface area contributed by atoms with Crippen molar-refractivity contribution in [1.29, 1.82) is 0 Å². The molecule has 35 heavy (non-hydrogen) atoms. The molecule has 0 aromatic heterocycles. The van der Waals surface area contributed by atoms with Gasteiger partial charge in [0.15, 0.2) is 0 Å². The van der Waals surface area contributed by atoms with Crippen LogP contribution in [0, 0.1) is 6.92 Å². The predicted octanol–water partition coefficient (Wildman–Crippen LogP) is 5.18. The third-order valence-corrected chi connectivity index (χ3v) is 7.62. The first-order valence-electron chi connectivity index (χ1n) is 12.4. The molecule has 3 N–H and O–H groups in total. The lowest BCUT2D eigenvalue weighted by molar-refractivity contribution is -0.122. The van der Waals surface area contributed by atoms with Gasteiger partial charge in [0.25, 0.3) is 0 Å². The highest BCUT2D eigenvalue weighted by Gasteiger charge is 2.43. The highest BCUT2D eigenvalue weighted by atomic mass is 16.5. The monoisotopic (exact) mass is 472 g/mol. The van der Waals surface area contributed by atoms with Gasteiger partial charge in [0.2, 0.25) is 5.91 Å². The minimum Gasteiger partial charge on any atom is -0.508 e. The number of amides is 1. The second-order valence-electron chi connectivity index (χ2n) is 10.2. The number of nitrogens with zero attached hydrogens (tertiary/aromatic N) is 1. The first kappa shape index (κ1) is 24.8. The van der Waals surface area contributed by atoms with Crippen LogP contribution in [0.15, 0.2) is 78.9 Å². The molecule has 4 rings (SSSR count). The average molecular weight is 473 g/mol. The Morgan fingerprint density at radius 1 is 0.971 bits per heavy atom. The van der Waals surface area contributed by atoms with Gasteiger partial charge in [0, 0.05) is 24.2 Å². The van der Waals surface area contributed by atoms with E-state index in [0.29, 0.717) is 6.42 Å². The molecule has 1 fully saturated rings. The van der Waals surface area contributed by atoms with E-state index in [-0.39, 0.29) is 23.3 Å². The molecule has 1 amide bonds. The summed E-state index contributed by atoms with van der Waals surface area (Å²) in [6.07, 6.45) is 2.37. The number of hydrogen-bond donors (Lipinski definition) is 2. The van der Waals surface area contributed by atoms with E-state index in [1.165, 1.54) is 0 Å². The van der Waals surface area contributed by atoms with Gasteiger partial charge in [0.1, 0.15) is 17.6 Å².